The van der Waals surface area contributed by atoms with Gasteiger partial charge >= 0.3 is 0 Å². The second-order valence-electron chi connectivity index (χ2n) is 8.20. The highest BCUT2D eigenvalue weighted by molar-refractivity contribution is 7.80. The summed E-state index contributed by atoms with van der Waals surface area (Å²) in [6.45, 7) is 4.22. The van der Waals surface area contributed by atoms with Gasteiger partial charge in [0, 0.05) is 28.8 Å². The molecule has 5 nitrogen and oxygen atoms in total. The number of phenolic OH excluding ortho intramolecular Hbond substituents is 1. The van der Waals surface area contributed by atoms with Crippen molar-refractivity contribution in [2.75, 3.05) is 4.90 Å². The standard InChI is InChI=1S/C26H23ClN4OS/c1-16-8-10-19(14-17(16)2)30-13-5-7-21(30)25-24(20-6-3-4-12-28-20)29-26(33)31(25)22-15-18(27)9-11-23(22)32/h3-15,24-25,32H,1-2H3,(H,29,33)/t24-,25+/m0/s1. The highest BCUT2D eigenvalue weighted by atomic mass is 35.5. The topological polar surface area (TPSA) is 53.3 Å². The number of anilines is 1. The van der Waals surface area contributed by atoms with Crippen LogP contribution in [0.15, 0.2) is 79.1 Å². The number of halogens is 1. The van der Waals surface area contributed by atoms with Gasteiger partial charge in [0.1, 0.15) is 11.8 Å². The van der Waals surface area contributed by atoms with Crippen molar-refractivity contribution in [1.82, 2.24) is 14.9 Å². The fourth-order valence-electron chi connectivity index (χ4n) is 4.35. The molecule has 5 rings (SSSR count). The van der Waals surface area contributed by atoms with Crippen LogP contribution < -0.4 is 10.2 Å². The van der Waals surface area contributed by atoms with Gasteiger partial charge < -0.3 is 19.9 Å². The molecule has 1 fully saturated rings. The Balaban J connectivity index is 1.70. The number of rotatable bonds is 4. The molecule has 0 spiro atoms. The van der Waals surface area contributed by atoms with E-state index in [0.29, 0.717) is 15.8 Å². The Morgan fingerprint density at radius 2 is 1.85 bits per heavy atom. The molecule has 0 bridgehead atoms. The molecule has 7 heteroatoms. The zero-order valence-corrected chi connectivity index (χ0v) is 19.8. The Bertz CT molecular complexity index is 1340. The van der Waals surface area contributed by atoms with Crippen LogP contribution in [0.5, 0.6) is 5.75 Å². The summed E-state index contributed by atoms with van der Waals surface area (Å²) in [5, 5.41) is 15.2. The van der Waals surface area contributed by atoms with E-state index in [1.165, 1.54) is 11.1 Å². The van der Waals surface area contributed by atoms with Crippen molar-refractivity contribution in [1.29, 1.82) is 0 Å². The maximum atomic E-state index is 10.7. The molecule has 1 saturated heterocycles. The number of nitrogens with zero attached hydrogens (tertiary/aromatic N) is 3. The van der Waals surface area contributed by atoms with E-state index in [4.69, 9.17) is 23.8 Å². The average molecular weight is 475 g/mol. The van der Waals surface area contributed by atoms with Gasteiger partial charge in [-0.25, -0.2) is 0 Å². The van der Waals surface area contributed by atoms with Gasteiger partial charge in [-0.1, -0.05) is 23.7 Å². The second kappa shape index (κ2) is 8.54. The highest BCUT2D eigenvalue weighted by Crippen LogP contribution is 2.45. The van der Waals surface area contributed by atoms with Crippen LogP contribution in [0.4, 0.5) is 5.69 Å². The fraction of sp³-hybridized carbons (Fsp3) is 0.154. The molecule has 33 heavy (non-hydrogen) atoms. The van der Waals surface area contributed by atoms with Crippen LogP contribution in [-0.4, -0.2) is 19.8 Å². The summed E-state index contributed by atoms with van der Waals surface area (Å²) in [4.78, 5) is 6.54. The SMILES string of the molecule is Cc1ccc(-n2cccc2[C@@H]2[C@H](c3ccccn3)NC(=S)N2c2cc(Cl)ccc2O)cc1C. The number of nitrogens with one attached hydrogen (secondary N) is 1. The Labute approximate surface area is 203 Å². The molecule has 0 unspecified atom stereocenters. The lowest BCUT2D eigenvalue weighted by Crippen LogP contribution is -2.30. The van der Waals surface area contributed by atoms with Crippen LogP contribution >= 0.6 is 23.8 Å². The quantitative estimate of drug-likeness (QED) is 0.354. The normalized spacial score (nSPS) is 17.9. The van der Waals surface area contributed by atoms with Crippen molar-refractivity contribution >= 4 is 34.6 Å². The van der Waals surface area contributed by atoms with Gasteiger partial charge in [0.2, 0.25) is 0 Å². The van der Waals surface area contributed by atoms with Crippen LogP contribution in [-0.2, 0) is 0 Å². The number of pyridine rings is 1. The first-order valence-corrected chi connectivity index (χ1v) is 11.5. The smallest absolute Gasteiger partial charge is 0.174 e. The largest absolute Gasteiger partial charge is 0.506 e. The monoisotopic (exact) mass is 474 g/mol. The van der Waals surface area contributed by atoms with E-state index in [2.05, 4.69) is 53.0 Å². The van der Waals surface area contributed by atoms with E-state index >= 15 is 0 Å². The molecule has 0 amide bonds. The van der Waals surface area contributed by atoms with E-state index in [9.17, 15) is 5.11 Å². The van der Waals surface area contributed by atoms with Crippen molar-refractivity contribution in [3.63, 3.8) is 0 Å². The molecule has 0 radical (unpaired) electrons. The van der Waals surface area contributed by atoms with Crippen molar-refractivity contribution < 1.29 is 5.11 Å². The van der Waals surface area contributed by atoms with Gasteiger partial charge in [-0.05, 0) is 91.8 Å². The predicted molar refractivity (Wildman–Crippen MR) is 136 cm³/mol. The molecule has 166 valence electrons. The molecule has 2 aromatic heterocycles. The van der Waals surface area contributed by atoms with Crippen LogP contribution in [0.2, 0.25) is 5.02 Å². The summed E-state index contributed by atoms with van der Waals surface area (Å²) in [5.74, 6) is 0.111. The molecule has 1 aliphatic heterocycles. The second-order valence-corrected chi connectivity index (χ2v) is 9.02. The number of thiocarbonyl (C=S) groups is 1. The number of aromatic hydroxyl groups is 1. The zero-order valence-electron chi connectivity index (χ0n) is 18.2. The van der Waals surface area contributed by atoms with E-state index in [1.807, 2.05) is 35.4 Å². The van der Waals surface area contributed by atoms with E-state index in [1.54, 1.807) is 24.4 Å². The summed E-state index contributed by atoms with van der Waals surface area (Å²) in [5.41, 5.74) is 5.95. The minimum Gasteiger partial charge on any atom is -0.506 e. The molecule has 0 saturated carbocycles. The number of aromatic nitrogens is 2. The molecular weight excluding hydrogens is 452 g/mol. The lowest BCUT2D eigenvalue weighted by molar-refractivity contribution is 0.472. The van der Waals surface area contributed by atoms with Crippen molar-refractivity contribution in [3.05, 3.63) is 107 Å². The van der Waals surface area contributed by atoms with Gasteiger partial charge in [0.15, 0.2) is 5.11 Å². The number of phenols is 1. The molecule has 4 aromatic rings. The van der Waals surface area contributed by atoms with E-state index < -0.39 is 0 Å². The van der Waals surface area contributed by atoms with Crippen molar-refractivity contribution in [3.8, 4) is 11.4 Å². The molecule has 0 aliphatic carbocycles. The minimum atomic E-state index is -0.270. The first-order chi connectivity index (χ1) is 15.9. The minimum absolute atomic E-state index is 0.111. The Kier molecular flexibility index (Phi) is 5.56. The van der Waals surface area contributed by atoms with Crippen molar-refractivity contribution in [2.24, 2.45) is 0 Å². The number of hydrogen-bond acceptors (Lipinski definition) is 3. The Hall–Kier alpha value is -3.35. The van der Waals surface area contributed by atoms with Gasteiger partial charge in [-0.3, -0.25) is 4.98 Å². The molecule has 2 aromatic carbocycles. The first kappa shape index (κ1) is 21.5. The highest BCUT2D eigenvalue weighted by Gasteiger charge is 2.43. The Morgan fingerprint density at radius 3 is 2.61 bits per heavy atom. The lowest BCUT2D eigenvalue weighted by atomic mass is 10.0. The summed E-state index contributed by atoms with van der Waals surface area (Å²) in [6, 6.07) is 20.9. The number of aryl methyl sites for hydroxylation is 2. The van der Waals surface area contributed by atoms with Gasteiger partial charge in [0.05, 0.1) is 17.4 Å². The summed E-state index contributed by atoms with van der Waals surface area (Å²) in [7, 11) is 0. The number of benzene rings is 2. The average Bonchev–Trinajstić information content (AvgIpc) is 3.42. The predicted octanol–water partition coefficient (Wildman–Crippen LogP) is 6.03. The molecule has 1 aliphatic rings. The molecule has 3 heterocycles. The van der Waals surface area contributed by atoms with Gasteiger partial charge in [-0.15, -0.1) is 0 Å². The third-order valence-corrected chi connectivity index (χ3v) is 6.70. The van der Waals surface area contributed by atoms with E-state index in [0.717, 1.165) is 17.1 Å². The summed E-state index contributed by atoms with van der Waals surface area (Å²) < 4.78 is 2.16. The van der Waals surface area contributed by atoms with Crippen LogP contribution in [0.3, 0.4) is 0 Å². The Morgan fingerprint density at radius 1 is 1.00 bits per heavy atom. The maximum absolute atomic E-state index is 10.7. The van der Waals surface area contributed by atoms with Crippen molar-refractivity contribution in [2.45, 2.75) is 25.9 Å². The molecule has 2 atom stereocenters. The summed E-state index contributed by atoms with van der Waals surface area (Å²) >= 11 is 12.1. The zero-order chi connectivity index (χ0) is 23.1. The van der Waals surface area contributed by atoms with Crippen LogP contribution in [0.25, 0.3) is 5.69 Å². The van der Waals surface area contributed by atoms with Crippen LogP contribution in [0.1, 0.15) is 34.6 Å². The third-order valence-electron chi connectivity index (χ3n) is 6.15. The van der Waals surface area contributed by atoms with E-state index in [-0.39, 0.29) is 17.8 Å². The third kappa shape index (κ3) is 3.86. The first-order valence-electron chi connectivity index (χ1n) is 10.7. The summed E-state index contributed by atoms with van der Waals surface area (Å²) in [6.07, 6.45) is 3.82. The molecular formula is C26H23ClN4OS. The van der Waals surface area contributed by atoms with Gasteiger partial charge in [0.25, 0.3) is 0 Å². The maximum Gasteiger partial charge on any atom is 0.174 e. The van der Waals surface area contributed by atoms with Gasteiger partial charge in [-0.2, -0.15) is 0 Å². The lowest BCUT2D eigenvalue weighted by Gasteiger charge is -2.29. The molecule has 2 N–H and O–H groups in total. The number of hydrogen-bond donors (Lipinski definition) is 2. The fourth-order valence-corrected chi connectivity index (χ4v) is 4.86. The van der Waals surface area contributed by atoms with Crippen LogP contribution in [0, 0.1) is 13.8 Å².